The highest BCUT2D eigenvalue weighted by atomic mass is 16.3. The van der Waals surface area contributed by atoms with Crippen LogP contribution in [0.15, 0.2) is 23.0 Å². The second-order valence-corrected chi connectivity index (χ2v) is 3.71. The molecule has 0 unspecified atom stereocenters. The molecule has 0 aliphatic carbocycles. The topological polar surface area (TPSA) is 59.3 Å². The molecule has 1 heterocycles. The Labute approximate surface area is 91.8 Å². The fraction of sp³-hybridized carbons (Fsp3) is 0.167. The number of pyridine rings is 1. The first-order chi connectivity index (χ1) is 7.57. The minimum absolute atomic E-state index is 0.190. The molecule has 0 aliphatic heterocycles. The highest BCUT2D eigenvalue weighted by Crippen LogP contribution is 2.27. The van der Waals surface area contributed by atoms with Gasteiger partial charge in [0.2, 0.25) is 0 Å². The molecule has 0 fully saturated rings. The van der Waals surface area contributed by atoms with Gasteiger partial charge in [-0.3, -0.25) is 9.59 Å². The molecule has 4 heteroatoms. The predicted octanol–water partition coefficient (Wildman–Crippen LogP) is 1.37. The summed E-state index contributed by atoms with van der Waals surface area (Å²) in [5.41, 5.74) is 0.775. The Morgan fingerprint density at radius 2 is 2.06 bits per heavy atom. The van der Waals surface area contributed by atoms with E-state index in [1.54, 1.807) is 19.2 Å². The van der Waals surface area contributed by atoms with Crippen LogP contribution in [0.25, 0.3) is 10.9 Å². The Morgan fingerprint density at radius 1 is 1.38 bits per heavy atom. The molecule has 0 spiro atoms. The monoisotopic (exact) mass is 217 g/mol. The number of rotatable bonds is 1. The van der Waals surface area contributed by atoms with E-state index in [9.17, 15) is 14.7 Å². The van der Waals surface area contributed by atoms with Gasteiger partial charge in [-0.2, -0.15) is 0 Å². The molecule has 0 saturated carbocycles. The minimum atomic E-state index is -0.481. The molecule has 0 radical (unpaired) electrons. The molecule has 0 saturated heterocycles. The fourth-order valence-electron chi connectivity index (χ4n) is 1.87. The van der Waals surface area contributed by atoms with E-state index < -0.39 is 5.56 Å². The van der Waals surface area contributed by atoms with Crippen LogP contribution in [0.3, 0.4) is 0 Å². The lowest BCUT2D eigenvalue weighted by Gasteiger charge is -2.10. The zero-order chi connectivity index (χ0) is 11.9. The summed E-state index contributed by atoms with van der Waals surface area (Å²) in [7, 11) is 1.58. The van der Waals surface area contributed by atoms with Crippen molar-refractivity contribution in [2.45, 2.75) is 6.92 Å². The van der Waals surface area contributed by atoms with E-state index in [1.807, 2.05) is 13.0 Å². The third-order valence-corrected chi connectivity index (χ3v) is 2.76. The summed E-state index contributed by atoms with van der Waals surface area (Å²) in [5.74, 6) is -0.230. The van der Waals surface area contributed by atoms with Crippen molar-refractivity contribution >= 4 is 17.2 Å². The van der Waals surface area contributed by atoms with E-state index in [0.29, 0.717) is 17.2 Å². The summed E-state index contributed by atoms with van der Waals surface area (Å²) in [6.07, 6.45) is 0.392. The van der Waals surface area contributed by atoms with Crippen LogP contribution in [0, 0.1) is 6.92 Å². The SMILES string of the molecule is Cc1cccc2c1c(O)c(C=O)c(=O)n2C. The number of nitrogens with zero attached hydrogens (tertiary/aromatic N) is 1. The smallest absolute Gasteiger partial charge is 0.265 e. The molecule has 82 valence electrons. The van der Waals surface area contributed by atoms with Crippen molar-refractivity contribution < 1.29 is 9.90 Å². The largest absolute Gasteiger partial charge is 0.506 e. The molecule has 4 nitrogen and oxygen atoms in total. The van der Waals surface area contributed by atoms with Crippen molar-refractivity contribution in [2.75, 3.05) is 0 Å². The second kappa shape index (κ2) is 3.48. The summed E-state index contributed by atoms with van der Waals surface area (Å²) in [6, 6.07) is 5.36. The lowest BCUT2D eigenvalue weighted by atomic mass is 10.1. The van der Waals surface area contributed by atoms with Gasteiger partial charge in [0.25, 0.3) is 5.56 Å². The summed E-state index contributed by atoms with van der Waals surface area (Å²) in [6.45, 7) is 1.82. The van der Waals surface area contributed by atoms with Crippen molar-refractivity contribution in [1.29, 1.82) is 0 Å². The molecule has 1 N–H and O–H groups in total. The van der Waals surface area contributed by atoms with Crippen LogP contribution in [0.5, 0.6) is 5.75 Å². The number of aromatic hydroxyl groups is 1. The van der Waals surface area contributed by atoms with Gasteiger partial charge in [0, 0.05) is 12.4 Å². The van der Waals surface area contributed by atoms with Crippen LogP contribution in [0.2, 0.25) is 0 Å². The van der Waals surface area contributed by atoms with Crippen molar-refractivity contribution in [1.82, 2.24) is 4.57 Å². The van der Waals surface area contributed by atoms with Gasteiger partial charge < -0.3 is 9.67 Å². The van der Waals surface area contributed by atoms with E-state index in [4.69, 9.17) is 0 Å². The average molecular weight is 217 g/mol. The number of carbonyl (C=O) groups is 1. The maximum Gasteiger partial charge on any atom is 0.265 e. The van der Waals surface area contributed by atoms with Crippen LogP contribution in [-0.4, -0.2) is 16.0 Å². The van der Waals surface area contributed by atoms with Crippen LogP contribution < -0.4 is 5.56 Å². The van der Waals surface area contributed by atoms with E-state index in [0.717, 1.165) is 5.56 Å². The first-order valence-electron chi connectivity index (χ1n) is 4.84. The van der Waals surface area contributed by atoms with E-state index in [1.165, 1.54) is 4.57 Å². The molecule has 1 aromatic heterocycles. The van der Waals surface area contributed by atoms with Gasteiger partial charge in [-0.1, -0.05) is 12.1 Å². The normalized spacial score (nSPS) is 10.6. The Morgan fingerprint density at radius 3 is 2.69 bits per heavy atom. The Bertz CT molecular complexity index is 641. The maximum atomic E-state index is 11.7. The first-order valence-corrected chi connectivity index (χ1v) is 4.84. The minimum Gasteiger partial charge on any atom is -0.506 e. The number of aldehydes is 1. The van der Waals surface area contributed by atoms with Gasteiger partial charge in [-0.25, -0.2) is 0 Å². The van der Waals surface area contributed by atoms with Gasteiger partial charge in [0.05, 0.1) is 5.52 Å². The predicted molar refractivity (Wildman–Crippen MR) is 61.0 cm³/mol. The third kappa shape index (κ3) is 1.23. The zero-order valence-electron chi connectivity index (χ0n) is 9.02. The lowest BCUT2D eigenvalue weighted by Crippen LogP contribution is -2.21. The number of aryl methyl sites for hydroxylation is 2. The maximum absolute atomic E-state index is 11.7. The number of hydrogen-bond acceptors (Lipinski definition) is 3. The van der Waals surface area contributed by atoms with Crippen molar-refractivity contribution in [3.8, 4) is 5.75 Å². The third-order valence-electron chi connectivity index (χ3n) is 2.76. The van der Waals surface area contributed by atoms with E-state index >= 15 is 0 Å². The highest BCUT2D eigenvalue weighted by molar-refractivity contribution is 5.95. The molecule has 16 heavy (non-hydrogen) atoms. The molecular formula is C12H11NO3. The van der Waals surface area contributed by atoms with E-state index in [2.05, 4.69) is 0 Å². The van der Waals surface area contributed by atoms with Gasteiger partial charge in [-0.05, 0) is 18.6 Å². The standard InChI is InChI=1S/C12H11NO3/c1-7-4-3-5-9-10(7)11(15)8(6-14)12(16)13(9)2/h3-6,15H,1-2H3. The lowest BCUT2D eigenvalue weighted by molar-refractivity contribution is 0.111. The fourth-order valence-corrected chi connectivity index (χ4v) is 1.87. The Kier molecular flexibility index (Phi) is 2.27. The first kappa shape index (κ1) is 10.4. The van der Waals surface area contributed by atoms with Crippen molar-refractivity contribution in [3.63, 3.8) is 0 Å². The molecule has 2 rings (SSSR count). The van der Waals surface area contributed by atoms with Gasteiger partial charge in [0.15, 0.2) is 6.29 Å². The summed E-state index contributed by atoms with van der Waals surface area (Å²) < 4.78 is 1.37. The summed E-state index contributed by atoms with van der Waals surface area (Å²) >= 11 is 0. The molecule has 0 amide bonds. The molecule has 1 aromatic carbocycles. The molecule has 2 aromatic rings. The number of carbonyl (C=O) groups excluding carboxylic acids is 1. The van der Waals surface area contributed by atoms with Crippen molar-refractivity contribution in [3.05, 3.63) is 39.7 Å². The number of aromatic nitrogens is 1. The van der Waals surface area contributed by atoms with Crippen LogP contribution in [0.1, 0.15) is 15.9 Å². The second-order valence-electron chi connectivity index (χ2n) is 3.71. The number of benzene rings is 1. The van der Waals surface area contributed by atoms with Crippen LogP contribution >= 0.6 is 0 Å². The van der Waals surface area contributed by atoms with Gasteiger partial charge in [-0.15, -0.1) is 0 Å². The summed E-state index contributed by atoms with van der Waals surface area (Å²) in [4.78, 5) is 22.5. The summed E-state index contributed by atoms with van der Waals surface area (Å²) in [5, 5.41) is 10.4. The van der Waals surface area contributed by atoms with E-state index in [-0.39, 0.29) is 11.3 Å². The van der Waals surface area contributed by atoms with Gasteiger partial charge >= 0.3 is 0 Å². The van der Waals surface area contributed by atoms with Gasteiger partial charge in [0.1, 0.15) is 11.3 Å². The average Bonchev–Trinajstić information content (AvgIpc) is 2.26. The Hall–Kier alpha value is -2.10. The number of fused-ring (bicyclic) bond motifs is 1. The molecule has 0 atom stereocenters. The molecule has 0 bridgehead atoms. The quantitative estimate of drug-likeness (QED) is 0.734. The van der Waals surface area contributed by atoms with Crippen molar-refractivity contribution in [2.24, 2.45) is 7.05 Å². The highest BCUT2D eigenvalue weighted by Gasteiger charge is 2.14. The Balaban J connectivity index is 3.15. The number of hydrogen-bond donors (Lipinski definition) is 1. The van der Waals surface area contributed by atoms with Crippen LogP contribution in [0.4, 0.5) is 0 Å². The molecular weight excluding hydrogens is 206 g/mol. The van der Waals surface area contributed by atoms with Crippen LogP contribution in [-0.2, 0) is 7.05 Å². The zero-order valence-corrected chi connectivity index (χ0v) is 9.02. The molecule has 0 aliphatic rings.